The van der Waals surface area contributed by atoms with Crippen molar-refractivity contribution in [3.63, 3.8) is 0 Å². The van der Waals surface area contributed by atoms with Crippen molar-refractivity contribution in [3.8, 4) is 0 Å². The van der Waals surface area contributed by atoms with Gasteiger partial charge in [0, 0.05) is 6.20 Å². The zero-order valence-corrected chi connectivity index (χ0v) is 12.2. The summed E-state index contributed by atoms with van der Waals surface area (Å²) in [6.07, 6.45) is 0.964. The Morgan fingerprint density at radius 1 is 1.35 bits per heavy atom. The predicted octanol–water partition coefficient (Wildman–Crippen LogP) is 2.04. The van der Waals surface area contributed by atoms with Gasteiger partial charge in [0.15, 0.2) is 0 Å². The fourth-order valence-corrected chi connectivity index (χ4v) is 1.30. The maximum Gasteiger partial charge on any atom is 0.408 e. The molecule has 1 heterocycles. The van der Waals surface area contributed by atoms with Crippen molar-refractivity contribution in [2.75, 3.05) is 0 Å². The molecule has 20 heavy (non-hydrogen) atoms. The van der Waals surface area contributed by atoms with Crippen LogP contribution in [0.4, 0.5) is 4.79 Å². The van der Waals surface area contributed by atoms with Crippen molar-refractivity contribution in [1.29, 1.82) is 0 Å². The van der Waals surface area contributed by atoms with E-state index in [9.17, 15) is 9.59 Å². The summed E-state index contributed by atoms with van der Waals surface area (Å²) in [5.41, 5.74) is 0.0344. The highest BCUT2D eigenvalue weighted by atomic mass is 16.6. The minimum atomic E-state index is -0.784. The van der Waals surface area contributed by atoms with Gasteiger partial charge in [0.25, 0.3) is 0 Å². The second-order valence-corrected chi connectivity index (χ2v) is 5.30. The first kappa shape index (κ1) is 15.9. The normalized spacial score (nSPS) is 12.4. The molecule has 1 amide bonds. The molecule has 1 aromatic rings. The molecule has 0 fully saturated rings. The fourth-order valence-electron chi connectivity index (χ4n) is 1.30. The summed E-state index contributed by atoms with van der Waals surface area (Å²) >= 11 is 0. The third-order valence-electron chi connectivity index (χ3n) is 2.18. The van der Waals surface area contributed by atoms with E-state index >= 15 is 0 Å². The van der Waals surface area contributed by atoms with E-state index < -0.39 is 23.7 Å². The van der Waals surface area contributed by atoms with Crippen molar-refractivity contribution in [2.24, 2.45) is 0 Å². The van der Waals surface area contributed by atoms with Crippen molar-refractivity contribution in [2.45, 2.75) is 45.9 Å². The number of ether oxygens (including phenoxy) is 2. The lowest BCUT2D eigenvalue weighted by atomic mass is 10.2. The van der Waals surface area contributed by atoms with Crippen LogP contribution in [-0.2, 0) is 20.9 Å². The van der Waals surface area contributed by atoms with Gasteiger partial charge < -0.3 is 14.8 Å². The molecule has 6 heteroatoms. The Balaban J connectivity index is 2.38. The molecule has 0 spiro atoms. The monoisotopic (exact) mass is 280 g/mol. The van der Waals surface area contributed by atoms with Crippen LogP contribution in [0.15, 0.2) is 24.4 Å². The van der Waals surface area contributed by atoms with E-state index in [1.807, 2.05) is 0 Å². The zero-order valence-electron chi connectivity index (χ0n) is 12.2. The van der Waals surface area contributed by atoms with Crippen molar-refractivity contribution in [1.82, 2.24) is 10.3 Å². The lowest BCUT2D eigenvalue weighted by molar-refractivity contribution is -0.147. The molecule has 1 rings (SSSR count). The molecule has 1 N–H and O–H groups in total. The first-order valence-electron chi connectivity index (χ1n) is 6.34. The van der Waals surface area contributed by atoms with Crippen LogP contribution < -0.4 is 5.32 Å². The summed E-state index contributed by atoms with van der Waals surface area (Å²) < 4.78 is 10.1. The second-order valence-electron chi connectivity index (χ2n) is 5.30. The minimum Gasteiger partial charge on any atom is -0.458 e. The summed E-state index contributed by atoms with van der Waals surface area (Å²) in [7, 11) is 0. The van der Waals surface area contributed by atoms with E-state index in [1.54, 1.807) is 45.2 Å². The van der Waals surface area contributed by atoms with E-state index in [-0.39, 0.29) is 6.61 Å². The van der Waals surface area contributed by atoms with E-state index in [4.69, 9.17) is 9.47 Å². The predicted molar refractivity (Wildman–Crippen MR) is 72.9 cm³/mol. The summed E-state index contributed by atoms with van der Waals surface area (Å²) in [6, 6.07) is 4.55. The van der Waals surface area contributed by atoms with Crippen LogP contribution in [-0.4, -0.2) is 28.7 Å². The third kappa shape index (κ3) is 6.17. The van der Waals surface area contributed by atoms with Gasteiger partial charge in [0.1, 0.15) is 18.2 Å². The number of alkyl carbamates (subject to hydrolysis) is 1. The first-order valence-corrected chi connectivity index (χ1v) is 6.34. The number of rotatable bonds is 4. The van der Waals surface area contributed by atoms with Crippen molar-refractivity contribution < 1.29 is 19.1 Å². The molecule has 1 atom stereocenters. The van der Waals surface area contributed by atoms with E-state index in [0.29, 0.717) is 5.69 Å². The number of hydrogen-bond donors (Lipinski definition) is 1. The highest BCUT2D eigenvalue weighted by Crippen LogP contribution is 2.07. The fraction of sp³-hybridized carbons (Fsp3) is 0.500. The van der Waals surface area contributed by atoms with Gasteiger partial charge in [-0.2, -0.15) is 0 Å². The Labute approximate surface area is 118 Å². The van der Waals surface area contributed by atoms with E-state index in [0.717, 1.165) is 0 Å². The van der Waals surface area contributed by atoms with Gasteiger partial charge in [-0.05, 0) is 39.8 Å². The smallest absolute Gasteiger partial charge is 0.408 e. The van der Waals surface area contributed by atoms with Gasteiger partial charge in [-0.1, -0.05) is 6.07 Å². The van der Waals surface area contributed by atoms with Gasteiger partial charge in [0.05, 0.1) is 5.69 Å². The molecular formula is C14H20N2O4. The van der Waals surface area contributed by atoms with E-state index in [2.05, 4.69) is 10.3 Å². The van der Waals surface area contributed by atoms with E-state index in [1.165, 1.54) is 6.92 Å². The Hall–Kier alpha value is -2.11. The first-order chi connectivity index (χ1) is 9.28. The summed E-state index contributed by atoms with van der Waals surface area (Å²) in [5, 5.41) is 2.42. The minimum absolute atomic E-state index is 0.0695. The molecule has 0 bridgehead atoms. The number of nitrogens with zero attached hydrogens (tertiary/aromatic N) is 1. The number of pyridine rings is 1. The van der Waals surface area contributed by atoms with Crippen LogP contribution in [0.1, 0.15) is 33.4 Å². The molecule has 0 aliphatic carbocycles. The van der Waals surface area contributed by atoms with Gasteiger partial charge in [-0.15, -0.1) is 0 Å². The number of nitrogens with one attached hydrogen (secondary N) is 1. The lowest BCUT2D eigenvalue weighted by Crippen LogP contribution is -2.42. The Kier molecular flexibility index (Phi) is 5.49. The number of aromatic nitrogens is 1. The summed E-state index contributed by atoms with van der Waals surface area (Å²) in [6.45, 7) is 6.84. The van der Waals surface area contributed by atoms with Gasteiger partial charge in [-0.3, -0.25) is 4.98 Å². The standard InChI is InChI=1S/C14H20N2O4/c1-10(16-13(18)20-14(2,3)4)12(17)19-9-11-7-5-6-8-15-11/h5-8,10H,9H2,1-4H3,(H,16,18). The Morgan fingerprint density at radius 2 is 2.05 bits per heavy atom. The van der Waals surface area contributed by atoms with Crippen molar-refractivity contribution in [3.05, 3.63) is 30.1 Å². The molecular weight excluding hydrogens is 260 g/mol. The molecule has 6 nitrogen and oxygen atoms in total. The van der Waals surface area contributed by atoms with Gasteiger partial charge >= 0.3 is 12.1 Å². The Morgan fingerprint density at radius 3 is 2.60 bits per heavy atom. The van der Waals surface area contributed by atoms with Crippen LogP contribution in [0, 0.1) is 0 Å². The maximum atomic E-state index is 11.7. The molecule has 1 unspecified atom stereocenters. The molecule has 1 aromatic heterocycles. The van der Waals surface area contributed by atoms with Crippen LogP contribution in [0.25, 0.3) is 0 Å². The van der Waals surface area contributed by atoms with Gasteiger partial charge in [-0.25, -0.2) is 9.59 Å². The van der Waals surface area contributed by atoms with Crippen LogP contribution >= 0.6 is 0 Å². The SMILES string of the molecule is CC(NC(=O)OC(C)(C)C)C(=O)OCc1ccccn1. The van der Waals surface area contributed by atoms with Gasteiger partial charge in [0.2, 0.25) is 0 Å². The number of carbonyl (C=O) groups excluding carboxylic acids is 2. The van der Waals surface area contributed by atoms with Crippen molar-refractivity contribution >= 4 is 12.1 Å². The highest BCUT2D eigenvalue weighted by molar-refractivity contribution is 5.80. The average molecular weight is 280 g/mol. The summed E-state index contributed by atoms with van der Waals surface area (Å²) in [5.74, 6) is -0.540. The second kappa shape index (κ2) is 6.88. The largest absolute Gasteiger partial charge is 0.458 e. The molecule has 0 aromatic carbocycles. The average Bonchev–Trinajstić information content (AvgIpc) is 2.34. The number of carbonyl (C=O) groups is 2. The van der Waals surface area contributed by atoms with Crippen LogP contribution in [0.2, 0.25) is 0 Å². The van der Waals surface area contributed by atoms with Crippen LogP contribution in [0.5, 0.6) is 0 Å². The Bertz CT molecular complexity index is 454. The zero-order chi connectivity index (χ0) is 15.2. The molecule has 0 saturated carbocycles. The number of amides is 1. The molecule has 0 radical (unpaired) electrons. The number of hydrogen-bond acceptors (Lipinski definition) is 5. The summed E-state index contributed by atoms with van der Waals surface area (Å²) in [4.78, 5) is 27.2. The third-order valence-corrected chi connectivity index (χ3v) is 2.18. The molecule has 0 saturated heterocycles. The molecule has 0 aliphatic heterocycles. The quantitative estimate of drug-likeness (QED) is 0.854. The topological polar surface area (TPSA) is 77.5 Å². The highest BCUT2D eigenvalue weighted by Gasteiger charge is 2.21. The molecule has 0 aliphatic rings. The lowest BCUT2D eigenvalue weighted by Gasteiger charge is -2.21. The molecule has 110 valence electrons. The van der Waals surface area contributed by atoms with Crippen LogP contribution in [0.3, 0.4) is 0 Å². The number of esters is 1. The maximum absolute atomic E-state index is 11.7.